The molecule has 1 heterocycles. The molecule has 0 aliphatic heterocycles. The maximum absolute atomic E-state index is 12.4. The molecule has 21 heavy (non-hydrogen) atoms. The number of nitrogens with one attached hydrogen (secondary N) is 2. The summed E-state index contributed by atoms with van der Waals surface area (Å²) in [6.45, 7) is 3.95. The highest BCUT2D eigenvalue weighted by Crippen LogP contribution is 2.28. The summed E-state index contributed by atoms with van der Waals surface area (Å²) in [6.07, 6.45) is 0. The highest BCUT2D eigenvalue weighted by molar-refractivity contribution is 6.39. The smallest absolute Gasteiger partial charge is 0.273 e. The van der Waals surface area contributed by atoms with Crippen molar-refractivity contribution in [3.8, 4) is 0 Å². The number of amides is 1. The number of para-hydroxylation sites is 1. The number of hydrogen-bond acceptors (Lipinski definition) is 1. The number of benzene rings is 2. The van der Waals surface area contributed by atoms with Gasteiger partial charge in [-0.25, -0.2) is 0 Å². The zero-order chi connectivity index (χ0) is 15.0. The highest BCUT2D eigenvalue weighted by Gasteiger charge is 2.16. The van der Waals surface area contributed by atoms with Crippen molar-refractivity contribution in [2.24, 2.45) is 0 Å². The molecule has 0 unspecified atom stereocenters. The largest absolute Gasteiger partial charge is 0.349 e. The first-order valence-corrected chi connectivity index (χ1v) is 7.09. The van der Waals surface area contributed by atoms with Crippen molar-refractivity contribution in [2.45, 2.75) is 13.8 Å². The van der Waals surface area contributed by atoms with Crippen LogP contribution >= 0.6 is 11.6 Å². The number of fused-ring (bicyclic) bond motifs is 1. The van der Waals surface area contributed by atoms with Gasteiger partial charge in [0.25, 0.3) is 5.91 Å². The molecular weight excluding hydrogens is 284 g/mol. The van der Waals surface area contributed by atoms with Gasteiger partial charge in [-0.15, -0.1) is 0 Å². The number of aryl methyl sites for hydroxylation is 2. The van der Waals surface area contributed by atoms with Gasteiger partial charge in [0.2, 0.25) is 0 Å². The quantitative estimate of drug-likeness (QED) is 0.708. The van der Waals surface area contributed by atoms with Gasteiger partial charge in [0.1, 0.15) is 5.69 Å². The molecule has 1 aromatic heterocycles. The summed E-state index contributed by atoms with van der Waals surface area (Å²) >= 11 is 6.30. The second-order valence-corrected chi connectivity index (χ2v) is 5.51. The van der Waals surface area contributed by atoms with Crippen LogP contribution in [0.2, 0.25) is 5.02 Å². The molecule has 0 aliphatic rings. The maximum Gasteiger partial charge on any atom is 0.273 e. The van der Waals surface area contributed by atoms with Crippen molar-refractivity contribution in [1.82, 2.24) is 4.98 Å². The van der Waals surface area contributed by atoms with Gasteiger partial charge >= 0.3 is 0 Å². The van der Waals surface area contributed by atoms with E-state index in [0.717, 1.165) is 27.7 Å². The van der Waals surface area contributed by atoms with Gasteiger partial charge in [0.05, 0.1) is 5.02 Å². The van der Waals surface area contributed by atoms with E-state index in [1.807, 2.05) is 56.3 Å². The van der Waals surface area contributed by atoms with Crippen LogP contribution in [0.15, 0.2) is 42.5 Å². The lowest BCUT2D eigenvalue weighted by atomic mass is 10.1. The normalized spacial score (nSPS) is 10.8. The summed E-state index contributed by atoms with van der Waals surface area (Å²) in [6, 6.07) is 13.5. The Morgan fingerprint density at radius 1 is 1.14 bits per heavy atom. The minimum atomic E-state index is -0.232. The zero-order valence-electron chi connectivity index (χ0n) is 11.8. The van der Waals surface area contributed by atoms with E-state index in [1.165, 1.54) is 0 Å². The summed E-state index contributed by atoms with van der Waals surface area (Å²) in [5.74, 6) is -0.232. The van der Waals surface area contributed by atoms with E-state index in [-0.39, 0.29) is 5.91 Å². The van der Waals surface area contributed by atoms with Crippen molar-refractivity contribution in [2.75, 3.05) is 5.32 Å². The van der Waals surface area contributed by atoms with E-state index in [4.69, 9.17) is 11.6 Å². The van der Waals surface area contributed by atoms with E-state index in [2.05, 4.69) is 10.3 Å². The SMILES string of the molecule is Cc1ccc(C)c(NC(=O)c2[nH]c3ccccc3c2Cl)c1. The van der Waals surface area contributed by atoms with Crippen molar-refractivity contribution in [1.29, 1.82) is 0 Å². The lowest BCUT2D eigenvalue weighted by Crippen LogP contribution is -2.13. The van der Waals surface area contributed by atoms with Gasteiger partial charge in [-0.1, -0.05) is 41.9 Å². The van der Waals surface area contributed by atoms with Crippen molar-refractivity contribution < 1.29 is 4.79 Å². The first-order valence-electron chi connectivity index (χ1n) is 6.71. The average molecular weight is 299 g/mol. The molecule has 106 valence electrons. The lowest BCUT2D eigenvalue weighted by Gasteiger charge is -2.08. The second kappa shape index (κ2) is 5.26. The summed E-state index contributed by atoms with van der Waals surface area (Å²) in [7, 11) is 0. The molecule has 3 nitrogen and oxygen atoms in total. The van der Waals surface area contributed by atoms with Crippen LogP contribution in [-0.4, -0.2) is 10.9 Å². The number of carbonyl (C=O) groups is 1. The van der Waals surface area contributed by atoms with E-state index < -0.39 is 0 Å². The standard InChI is InChI=1S/C17H15ClN2O/c1-10-7-8-11(2)14(9-10)20-17(21)16-15(18)12-5-3-4-6-13(12)19-16/h3-9,19H,1-2H3,(H,20,21). The Balaban J connectivity index is 1.97. The fraction of sp³-hybridized carbons (Fsp3) is 0.118. The van der Waals surface area contributed by atoms with Crippen molar-refractivity contribution in [3.05, 3.63) is 64.3 Å². The maximum atomic E-state index is 12.4. The molecule has 0 atom stereocenters. The third-order valence-corrected chi connectivity index (χ3v) is 3.90. The Hall–Kier alpha value is -2.26. The Kier molecular flexibility index (Phi) is 3.43. The lowest BCUT2D eigenvalue weighted by molar-refractivity contribution is 0.102. The van der Waals surface area contributed by atoms with Gasteiger partial charge in [0.15, 0.2) is 0 Å². The van der Waals surface area contributed by atoms with Crippen LogP contribution in [0.3, 0.4) is 0 Å². The molecule has 1 amide bonds. The Labute approximate surface area is 127 Å². The van der Waals surface area contributed by atoms with Crippen LogP contribution in [-0.2, 0) is 0 Å². The molecule has 0 bridgehead atoms. The van der Waals surface area contributed by atoms with Crippen LogP contribution in [0, 0.1) is 13.8 Å². The van der Waals surface area contributed by atoms with Crippen molar-refractivity contribution >= 4 is 34.1 Å². The number of carbonyl (C=O) groups excluding carboxylic acids is 1. The molecule has 2 N–H and O–H groups in total. The summed E-state index contributed by atoms with van der Waals surface area (Å²) in [5.41, 5.74) is 4.15. The van der Waals surface area contributed by atoms with E-state index in [1.54, 1.807) is 0 Å². The zero-order valence-corrected chi connectivity index (χ0v) is 12.6. The predicted octanol–water partition coefficient (Wildman–Crippen LogP) is 4.69. The fourth-order valence-corrected chi connectivity index (χ4v) is 2.62. The minimum Gasteiger partial charge on any atom is -0.349 e. The van der Waals surface area contributed by atoms with Crippen LogP contribution in [0.5, 0.6) is 0 Å². The number of aromatic nitrogens is 1. The molecule has 0 radical (unpaired) electrons. The molecule has 0 aliphatic carbocycles. The molecule has 0 spiro atoms. The van der Waals surface area contributed by atoms with Gasteiger partial charge in [0, 0.05) is 16.6 Å². The first kappa shape index (κ1) is 13.7. The molecular formula is C17H15ClN2O. The van der Waals surface area contributed by atoms with Gasteiger partial charge in [-0.2, -0.15) is 0 Å². The summed E-state index contributed by atoms with van der Waals surface area (Å²) in [4.78, 5) is 15.5. The molecule has 3 rings (SSSR count). The average Bonchev–Trinajstić information content (AvgIpc) is 2.81. The van der Waals surface area contributed by atoms with Crippen molar-refractivity contribution in [3.63, 3.8) is 0 Å². The molecule has 0 fully saturated rings. The molecule has 0 saturated heterocycles. The highest BCUT2D eigenvalue weighted by atomic mass is 35.5. The monoisotopic (exact) mass is 298 g/mol. The number of H-pyrrole nitrogens is 1. The van der Waals surface area contributed by atoms with Gasteiger partial charge in [-0.05, 0) is 37.1 Å². The summed E-state index contributed by atoms with van der Waals surface area (Å²) < 4.78 is 0. The number of rotatable bonds is 2. The van der Waals surface area contributed by atoms with Crippen LogP contribution in [0.4, 0.5) is 5.69 Å². The topological polar surface area (TPSA) is 44.9 Å². The minimum absolute atomic E-state index is 0.232. The number of halogens is 1. The number of aromatic amines is 1. The predicted molar refractivity (Wildman–Crippen MR) is 87.2 cm³/mol. The fourth-order valence-electron chi connectivity index (χ4n) is 2.32. The molecule has 2 aromatic carbocycles. The van der Waals surface area contributed by atoms with E-state index in [9.17, 15) is 4.79 Å². The van der Waals surface area contributed by atoms with Crippen LogP contribution in [0.1, 0.15) is 21.6 Å². The molecule has 3 aromatic rings. The van der Waals surface area contributed by atoms with Gasteiger partial charge in [-0.3, -0.25) is 4.79 Å². The number of hydrogen-bond donors (Lipinski definition) is 2. The van der Waals surface area contributed by atoms with Crippen LogP contribution < -0.4 is 5.32 Å². The van der Waals surface area contributed by atoms with E-state index in [0.29, 0.717) is 10.7 Å². The molecule has 0 saturated carbocycles. The molecule has 4 heteroatoms. The third-order valence-electron chi connectivity index (χ3n) is 3.51. The van der Waals surface area contributed by atoms with Gasteiger partial charge < -0.3 is 10.3 Å². The number of anilines is 1. The Morgan fingerprint density at radius 2 is 1.90 bits per heavy atom. The summed E-state index contributed by atoms with van der Waals surface area (Å²) in [5, 5.41) is 4.22. The Bertz CT molecular complexity index is 836. The Morgan fingerprint density at radius 3 is 2.67 bits per heavy atom. The second-order valence-electron chi connectivity index (χ2n) is 5.13. The third kappa shape index (κ3) is 2.52. The first-order chi connectivity index (χ1) is 10.1. The van der Waals surface area contributed by atoms with E-state index >= 15 is 0 Å². The van der Waals surface area contributed by atoms with Crippen LogP contribution in [0.25, 0.3) is 10.9 Å².